The summed E-state index contributed by atoms with van der Waals surface area (Å²) in [5.41, 5.74) is 3.33. The number of carbonyl (C=O) groups is 1. The first-order valence-electron chi connectivity index (χ1n) is 12.8. The lowest BCUT2D eigenvalue weighted by Gasteiger charge is -2.24. The van der Waals surface area contributed by atoms with Crippen molar-refractivity contribution in [2.45, 2.75) is 31.4 Å². The molecule has 0 saturated heterocycles. The molecule has 10 heteroatoms. The number of aromatic nitrogens is 1. The standard InChI is InChI=1S/C31H26BrClN2O4S2/c1-4-38-30(37)27-18(2)34-31-35(28(27)21-8-12-23(40-3)13-9-21)29(36)26(41-31)16-20-7-14-25(24(32)15-20)39-17-19-5-10-22(33)11-6-19/h5-16,28H,4,17H2,1-3H3/b26-16-/t28-/m1/s1. The maximum atomic E-state index is 13.9. The summed E-state index contributed by atoms with van der Waals surface area (Å²) in [7, 11) is 0. The lowest BCUT2D eigenvalue weighted by Crippen LogP contribution is -2.39. The van der Waals surface area contributed by atoms with Crippen LogP contribution in [0.5, 0.6) is 5.75 Å². The molecule has 2 heterocycles. The average molecular weight is 670 g/mol. The Morgan fingerprint density at radius 3 is 2.54 bits per heavy atom. The molecule has 1 aliphatic heterocycles. The molecule has 41 heavy (non-hydrogen) atoms. The Morgan fingerprint density at radius 2 is 1.88 bits per heavy atom. The molecular weight excluding hydrogens is 644 g/mol. The van der Waals surface area contributed by atoms with Crippen LogP contribution in [0.1, 0.15) is 36.6 Å². The molecule has 1 atom stereocenters. The number of nitrogens with zero attached hydrogens (tertiary/aromatic N) is 2. The second-order valence-corrected chi connectivity index (χ2v) is 12.4. The van der Waals surface area contributed by atoms with Crippen molar-refractivity contribution in [3.05, 3.63) is 124 Å². The first-order chi connectivity index (χ1) is 19.8. The van der Waals surface area contributed by atoms with Crippen LogP contribution in [0.15, 0.2) is 97.2 Å². The third kappa shape index (κ3) is 6.38. The van der Waals surface area contributed by atoms with Gasteiger partial charge in [0, 0.05) is 9.92 Å². The van der Waals surface area contributed by atoms with Gasteiger partial charge in [0.25, 0.3) is 5.56 Å². The molecule has 4 aromatic rings. The third-order valence-electron chi connectivity index (χ3n) is 6.51. The van der Waals surface area contributed by atoms with Crippen molar-refractivity contribution in [2.75, 3.05) is 12.9 Å². The summed E-state index contributed by atoms with van der Waals surface area (Å²) in [6.07, 6.45) is 3.83. The number of thioether (sulfide) groups is 1. The van der Waals surface area contributed by atoms with Gasteiger partial charge in [-0.1, -0.05) is 53.3 Å². The number of benzene rings is 3. The van der Waals surface area contributed by atoms with E-state index in [0.29, 0.717) is 38.0 Å². The van der Waals surface area contributed by atoms with Crippen LogP contribution in [-0.2, 0) is 16.1 Å². The molecule has 0 bridgehead atoms. The first kappa shape index (κ1) is 29.4. The van der Waals surface area contributed by atoms with Gasteiger partial charge in [-0.15, -0.1) is 11.8 Å². The number of esters is 1. The number of hydrogen-bond donors (Lipinski definition) is 0. The van der Waals surface area contributed by atoms with E-state index in [4.69, 9.17) is 21.1 Å². The highest BCUT2D eigenvalue weighted by molar-refractivity contribution is 9.10. The Morgan fingerprint density at radius 1 is 1.15 bits per heavy atom. The Bertz CT molecular complexity index is 1810. The molecule has 0 radical (unpaired) electrons. The number of carbonyl (C=O) groups excluding carboxylic acids is 1. The summed E-state index contributed by atoms with van der Waals surface area (Å²) in [6.45, 7) is 4.17. The van der Waals surface area contributed by atoms with Gasteiger partial charge < -0.3 is 9.47 Å². The Hall–Kier alpha value is -3.11. The first-order valence-corrected chi connectivity index (χ1v) is 16.0. The molecule has 0 spiro atoms. The molecular formula is C31H26BrClN2O4S2. The number of fused-ring (bicyclic) bond motifs is 1. The summed E-state index contributed by atoms with van der Waals surface area (Å²) in [4.78, 5) is 33.2. The van der Waals surface area contributed by atoms with Crippen molar-refractivity contribution < 1.29 is 14.3 Å². The number of rotatable bonds is 8. The molecule has 0 saturated carbocycles. The van der Waals surface area contributed by atoms with Gasteiger partial charge >= 0.3 is 5.97 Å². The average Bonchev–Trinajstić information content (AvgIpc) is 3.26. The number of allylic oxidation sites excluding steroid dienone is 1. The number of halogens is 2. The van der Waals surface area contributed by atoms with E-state index in [9.17, 15) is 9.59 Å². The fourth-order valence-electron chi connectivity index (χ4n) is 4.51. The maximum absolute atomic E-state index is 13.9. The highest BCUT2D eigenvalue weighted by atomic mass is 79.9. The third-order valence-corrected chi connectivity index (χ3v) is 9.11. The van der Waals surface area contributed by atoms with E-state index < -0.39 is 12.0 Å². The van der Waals surface area contributed by atoms with Gasteiger partial charge in [-0.25, -0.2) is 9.79 Å². The highest BCUT2D eigenvalue weighted by Crippen LogP contribution is 2.32. The van der Waals surface area contributed by atoms with Crippen molar-refractivity contribution in [1.82, 2.24) is 4.57 Å². The highest BCUT2D eigenvalue weighted by Gasteiger charge is 2.33. The lowest BCUT2D eigenvalue weighted by atomic mass is 9.96. The minimum Gasteiger partial charge on any atom is -0.488 e. The van der Waals surface area contributed by atoms with Crippen LogP contribution in [0.4, 0.5) is 0 Å². The van der Waals surface area contributed by atoms with Crippen molar-refractivity contribution in [3.8, 4) is 5.75 Å². The fraction of sp³-hybridized carbons (Fsp3) is 0.194. The van der Waals surface area contributed by atoms with Crippen LogP contribution in [0, 0.1) is 0 Å². The second kappa shape index (κ2) is 12.8. The Labute approximate surface area is 259 Å². The van der Waals surface area contributed by atoms with E-state index >= 15 is 0 Å². The van der Waals surface area contributed by atoms with E-state index in [1.807, 2.05) is 79.1 Å². The molecule has 1 aliphatic rings. The van der Waals surface area contributed by atoms with Gasteiger partial charge in [0.15, 0.2) is 4.80 Å². The zero-order valence-corrected chi connectivity index (χ0v) is 26.5. The van der Waals surface area contributed by atoms with E-state index in [1.165, 1.54) is 11.3 Å². The molecule has 0 aliphatic carbocycles. The predicted molar refractivity (Wildman–Crippen MR) is 169 cm³/mol. The van der Waals surface area contributed by atoms with Crippen LogP contribution >= 0.6 is 50.6 Å². The fourth-order valence-corrected chi connectivity index (χ4v) is 6.60. The number of ether oxygens (including phenoxy) is 2. The molecule has 0 N–H and O–H groups in total. The summed E-state index contributed by atoms with van der Waals surface area (Å²) >= 11 is 12.5. The molecule has 3 aromatic carbocycles. The molecule has 0 unspecified atom stereocenters. The van der Waals surface area contributed by atoms with Crippen LogP contribution in [0.25, 0.3) is 6.08 Å². The molecule has 210 valence electrons. The molecule has 0 fully saturated rings. The van der Waals surface area contributed by atoms with E-state index in [-0.39, 0.29) is 12.2 Å². The molecule has 0 amide bonds. The largest absolute Gasteiger partial charge is 0.488 e. The van der Waals surface area contributed by atoms with Crippen LogP contribution in [0.3, 0.4) is 0 Å². The van der Waals surface area contributed by atoms with E-state index in [0.717, 1.165) is 26.1 Å². The van der Waals surface area contributed by atoms with Gasteiger partial charge in [-0.2, -0.15) is 0 Å². The summed E-state index contributed by atoms with van der Waals surface area (Å²) in [6, 6.07) is 20.4. The van der Waals surface area contributed by atoms with Crippen LogP contribution in [0.2, 0.25) is 5.02 Å². The van der Waals surface area contributed by atoms with Gasteiger partial charge in [0.1, 0.15) is 12.4 Å². The van der Waals surface area contributed by atoms with E-state index in [2.05, 4.69) is 20.9 Å². The van der Waals surface area contributed by atoms with Crippen molar-refractivity contribution in [2.24, 2.45) is 4.99 Å². The van der Waals surface area contributed by atoms with Gasteiger partial charge in [0.2, 0.25) is 0 Å². The quantitative estimate of drug-likeness (QED) is 0.158. The lowest BCUT2D eigenvalue weighted by molar-refractivity contribution is -0.139. The van der Waals surface area contributed by atoms with E-state index in [1.54, 1.807) is 30.2 Å². The zero-order valence-electron chi connectivity index (χ0n) is 22.5. The Balaban J connectivity index is 1.51. The minimum atomic E-state index is -0.640. The maximum Gasteiger partial charge on any atom is 0.338 e. The number of hydrogen-bond acceptors (Lipinski definition) is 7. The van der Waals surface area contributed by atoms with Crippen molar-refractivity contribution in [3.63, 3.8) is 0 Å². The van der Waals surface area contributed by atoms with Gasteiger partial charge in [-0.05, 0) is 95.2 Å². The smallest absolute Gasteiger partial charge is 0.338 e. The van der Waals surface area contributed by atoms with Crippen LogP contribution in [-0.4, -0.2) is 23.4 Å². The minimum absolute atomic E-state index is 0.221. The molecule has 6 nitrogen and oxygen atoms in total. The second-order valence-electron chi connectivity index (χ2n) is 9.18. The topological polar surface area (TPSA) is 69.9 Å². The van der Waals surface area contributed by atoms with Gasteiger partial charge in [-0.3, -0.25) is 9.36 Å². The monoisotopic (exact) mass is 668 g/mol. The summed E-state index contributed by atoms with van der Waals surface area (Å²) in [5, 5.41) is 0.677. The molecule has 5 rings (SSSR count). The van der Waals surface area contributed by atoms with Gasteiger partial charge in [0.05, 0.1) is 32.9 Å². The normalized spacial score (nSPS) is 15.0. The van der Waals surface area contributed by atoms with Crippen molar-refractivity contribution in [1.29, 1.82) is 0 Å². The SMILES string of the molecule is CCOC(=O)C1=C(C)N=c2s/c(=C\c3ccc(OCc4ccc(Cl)cc4)c(Br)c3)c(=O)n2[C@@H]1c1ccc(SC)cc1. The zero-order chi connectivity index (χ0) is 29.1. The molecule has 1 aromatic heterocycles. The number of thiazole rings is 1. The summed E-state index contributed by atoms with van der Waals surface area (Å²) in [5.74, 6) is 0.210. The summed E-state index contributed by atoms with van der Waals surface area (Å²) < 4.78 is 14.2. The Kier molecular flexibility index (Phi) is 9.19. The van der Waals surface area contributed by atoms with Crippen LogP contribution < -0.4 is 19.6 Å². The predicted octanol–water partition coefficient (Wildman–Crippen LogP) is 6.52. The van der Waals surface area contributed by atoms with Crippen molar-refractivity contribution >= 4 is 62.7 Å².